The van der Waals surface area contributed by atoms with E-state index in [1.165, 1.54) is 12.1 Å². The first-order valence-electron chi connectivity index (χ1n) is 10.1. The molecule has 0 saturated carbocycles. The predicted molar refractivity (Wildman–Crippen MR) is 108 cm³/mol. The Morgan fingerprint density at radius 2 is 1.87 bits per heavy atom. The van der Waals surface area contributed by atoms with Crippen molar-refractivity contribution in [3.05, 3.63) is 48.5 Å². The van der Waals surface area contributed by atoms with Crippen LogP contribution >= 0.6 is 0 Å². The van der Waals surface area contributed by atoms with E-state index in [2.05, 4.69) is 23.4 Å². The molecule has 0 N–H and O–H groups in total. The van der Waals surface area contributed by atoms with Gasteiger partial charge in [-0.1, -0.05) is 26.0 Å². The van der Waals surface area contributed by atoms with E-state index in [-0.39, 0.29) is 80.2 Å². The van der Waals surface area contributed by atoms with Gasteiger partial charge in [-0.05, 0) is 49.3 Å². The van der Waals surface area contributed by atoms with Crippen molar-refractivity contribution < 1.29 is 69.1 Å². The zero-order chi connectivity index (χ0) is 21.0. The molecule has 158 valence electrons. The molecule has 0 bridgehead atoms. The minimum absolute atomic E-state index is 0. The standard InChI is InChI=1S/C21H29N3O4S.K/c1-3-18(23-12-10-22-15-23)14-19(24-11-4-5-21(24)25)13-16(2)17-6-8-20(9-7-17)29(26,27)28;/h6-10,12,15-16,18-19H,3-5,11,13-14H2,1-2H3,(H,26,27,28);/q;+1/p-1. The molecule has 1 fully saturated rings. The van der Waals surface area contributed by atoms with Gasteiger partial charge in [0.15, 0.2) is 0 Å². The van der Waals surface area contributed by atoms with Gasteiger partial charge < -0.3 is 14.0 Å². The van der Waals surface area contributed by atoms with E-state index in [9.17, 15) is 17.8 Å². The summed E-state index contributed by atoms with van der Waals surface area (Å²) in [6.45, 7) is 5.00. The smallest absolute Gasteiger partial charge is 0.744 e. The normalized spacial score (nSPS) is 17.4. The monoisotopic (exact) mass is 457 g/mol. The topological polar surface area (TPSA) is 95.3 Å². The van der Waals surface area contributed by atoms with Crippen LogP contribution in [-0.4, -0.2) is 45.9 Å². The van der Waals surface area contributed by atoms with Crippen LogP contribution in [0.5, 0.6) is 0 Å². The Morgan fingerprint density at radius 1 is 1.17 bits per heavy atom. The number of amides is 1. The van der Waals surface area contributed by atoms with Gasteiger partial charge >= 0.3 is 51.4 Å². The first kappa shape index (κ1) is 25.7. The van der Waals surface area contributed by atoms with Gasteiger partial charge in [-0.25, -0.2) is 13.4 Å². The molecule has 7 nitrogen and oxygen atoms in total. The third-order valence-electron chi connectivity index (χ3n) is 5.88. The summed E-state index contributed by atoms with van der Waals surface area (Å²) in [5.41, 5.74) is 0.963. The zero-order valence-corrected chi connectivity index (χ0v) is 21.8. The molecule has 1 aromatic carbocycles. The fourth-order valence-electron chi connectivity index (χ4n) is 4.21. The number of imidazole rings is 1. The molecule has 3 atom stereocenters. The van der Waals surface area contributed by atoms with E-state index in [0.29, 0.717) is 6.42 Å². The molecule has 1 aliphatic rings. The Hall–Kier alpha value is -0.554. The number of aromatic nitrogens is 2. The maximum atomic E-state index is 12.5. The molecule has 1 saturated heterocycles. The molecule has 0 aliphatic carbocycles. The number of nitrogens with zero attached hydrogens (tertiary/aromatic N) is 3. The number of carbonyl (C=O) groups is 1. The van der Waals surface area contributed by atoms with Crippen LogP contribution in [0.15, 0.2) is 47.9 Å². The van der Waals surface area contributed by atoms with Crippen LogP contribution in [0.1, 0.15) is 63.5 Å². The van der Waals surface area contributed by atoms with Crippen molar-refractivity contribution >= 4 is 16.0 Å². The number of rotatable bonds is 9. The predicted octanol–water partition coefficient (Wildman–Crippen LogP) is 0.317. The second kappa shape index (κ2) is 11.4. The molecule has 1 aliphatic heterocycles. The average molecular weight is 458 g/mol. The molecule has 2 heterocycles. The van der Waals surface area contributed by atoms with Crippen LogP contribution in [-0.2, 0) is 14.9 Å². The summed E-state index contributed by atoms with van der Waals surface area (Å²) in [4.78, 5) is 18.4. The van der Waals surface area contributed by atoms with Gasteiger partial charge in [0.05, 0.1) is 11.2 Å². The number of hydrogen-bond acceptors (Lipinski definition) is 5. The van der Waals surface area contributed by atoms with Crippen LogP contribution in [0.2, 0.25) is 0 Å². The number of carbonyl (C=O) groups excluding carboxylic acids is 1. The molecule has 3 rings (SSSR count). The Bertz CT molecular complexity index is 916. The summed E-state index contributed by atoms with van der Waals surface area (Å²) >= 11 is 0. The van der Waals surface area contributed by atoms with Gasteiger partial charge in [-0.3, -0.25) is 4.79 Å². The van der Waals surface area contributed by atoms with E-state index in [1.807, 2.05) is 17.4 Å². The molecule has 1 aromatic heterocycles. The minimum Gasteiger partial charge on any atom is -0.744 e. The van der Waals surface area contributed by atoms with E-state index in [0.717, 1.165) is 37.8 Å². The van der Waals surface area contributed by atoms with Crippen molar-refractivity contribution in [3.8, 4) is 0 Å². The Kier molecular flexibility index (Phi) is 9.73. The van der Waals surface area contributed by atoms with Crippen LogP contribution < -0.4 is 51.4 Å². The van der Waals surface area contributed by atoms with Gasteiger partial charge in [-0.2, -0.15) is 0 Å². The molecule has 0 radical (unpaired) electrons. The first-order valence-corrected chi connectivity index (χ1v) is 11.5. The zero-order valence-electron chi connectivity index (χ0n) is 17.9. The summed E-state index contributed by atoms with van der Waals surface area (Å²) in [5.74, 6) is 0.326. The fraction of sp³-hybridized carbons (Fsp3) is 0.524. The van der Waals surface area contributed by atoms with Gasteiger partial charge in [0.2, 0.25) is 5.91 Å². The van der Waals surface area contributed by atoms with Gasteiger partial charge in [0, 0.05) is 37.4 Å². The van der Waals surface area contributed by atoms with Gasteiger partial charge in [-0.15, -0.1) is 0 Å². The summed E-state index contributed by atoms with van der Waals surface area (Å²) < 4.78 is 35.6. The third-order valence-corrected chi connectivity index (χ3v) is 6.73. The maximum Gasteiger partial charge on any atom is 1.00 e. The van der Waals surface area contributed by atoms with Crippen molar-refractivity contribution in [3.63, 3.8) is 0 Å². The number of benzene rings is 1. The summed E-state index contributed by atoms with van der Waals surface area (Å²) in [6.07, 6.45) is 9.61. The SMILES string of the molecule is CCC(CC(CC(C)c1ccc(S(=O)(=O)[O-])cc1)N1CCCC1=O)n1ccnc1.[K+]. The Morgan fingerprint density at radius 3 is 2.37 bits per heavy atom. The molecular formula is C21H28KN3O4S. The molecule has 0 spiro atoms. The van der Waals surface area contributed by atoms with Crippen molar-refractivity contribution in [1.82, 2.24) is 14.5 Å². The molecule has 2 aromatic rings. The van der Waals surface area contributed by atoms with Crippen molar-refractivity contribution in [2.24, 2.45) is 0 Å². The van der Waals surface area contributed by atoms with E-state index < -0.39 is 10.1 Å². The second-order valence-corrected chi connectivity index (χ2v) is 9.19. The largest absolute Gasteiger partial charge is 1.00 e. The quantitative estimate of drug-likeness (QED) is 0.399. The fourth-order valence-corrected chi connectivity index (χ4v) is 4.68. The molecule has 3 unspecified atom stereocenters. The summed E-state index contributed by atoms with van der Waals surface area (Å²) in [5, 5.41) is 0. The van der Waals surface area contributed by atoms with Crippen LogP contribution in [0.4, 0.5) is 0 Å². The molecular weight excluding hydrogens is 429 g/mol. The van der Waals surface area contributed by atoms with Crippen molar-refractivity contribution in [2.75, 3.05) is 6.54 Å². The molecule has 1 amide bonds. The average Bonchev–Trinajstić information content (AvgIpc) is 3.36. The summed E-state index contributed by atoms with van der Waals surface area (Å²) in [7, 11) is -4.44. The Balaban J connectivity index is 0.00000320. The Labute approximate surface area is 221 Å². The third kappa shape index (κ3) is 6.48. The first-order chi connectivity index (χ1) is 13.8. The molecule has 30 heavy (non-hydrogen) atoms. The number of hydrogen-bond donors (Lipinski definition) is 0. The van der Waals surface area contributed by atoms with E-state index >= 15 is 0 Å². The number of likely N-dealkylation sites (tertiary alicyclic amines) is 1. The van der Waals surface area contributed by atoms with E-state index in [4.69, 9.17) is 0 Å². The van der Waals surface area contributed by atoms with Crippen molar-refractivity contribution in [2.45, 2.75) is 68.8 Å². The van der Waals surface area contributed by atoms with Crippen LogP contribution in [0.25, 0.3) is 0 Å². The van der Waals surface area contributed by atoms with Crippen LogP contribution in [0.3, 0.4) is 0 Å². The van der Waals surface area contributed by atoms with Crippen LogP contribution in [0, 0.1) is 0 Å². The van der Waals surface area contributed by atoms with Gasteiger partial charge in [0.1, 0.15) is 10.1 Å². The molecule has 9 heteroatoms. The minimum atomic E-state index is -4.44. The second-order valence-electron chi connectivity index (χ2n) is 7.81. The maximum absolute atomic E-state index is 12.5. The van der Waals surface area contributed by atoms with E-state index in [1.54, 1.807) is 18.3 Å². The summed E-state index contributed by atoms with van der Waals surface area (Å²) in [6, 6.07) is 6.48. The van der Waals surface area contributed by atoms with Gasteiger partial charge in [0.25, 0.3) is 0 Å². The van der Waals surface area contributed by atoms with Crippen molar-refractivity contribution in [1.29, 1.82) is 0 Å².